The van der Waals surface area contributed by atoms with Crippen molar-refractivity contribution in [1.82, 2.24) is 0 Å². The van der Waals surface area contributed by atoms with E-state index in [4.69, 9.17) is 0 Å². The zero-order chi connectivity index (χ0) is 11.5. The second kappa shape index (κ2) is 4.31. The van der Waals surface area contributed by atoms with Crippen LogP contribution < -0.4 is 0 Å². The van der Waals surface area contributed by atoms with Crippen LogP contribution in [0.25, 0.3) is 0 Å². The fourth-order valence-corrected chi connectivity index (χ4v) is 1.91. The molecule has 0 aromatic heterocycles. The van der Waals surface area contributed by atoms with Crippen molar-refractivity contribution in [3.8, 4) is 0 Å². The van der Waals surface area contributed by atoms with E-state index >= 15 is 0 Å². The lowest BCUT2D eigenvalue weighted by Gasteiger charge is -2.18. The van der Waals surface area contributed by atoms with Gasteiger partial charge in [0.25, 0.3) is 0 Å². The van der Waals surface area contributed by atoms with Gasteiger partial charge in [-0.2, -0.15) is 0 Å². The molecule has 1 aliphatic rings. The van der Waals surface area contributed by atoms with Crippen LogP contribution in [0.5, 0.6) is 0 Å². The molecule has 1 aliphatic heterocycles. The van der Waals surface area contributed by atoms with Gasteiger partial charge in [0.2, 0.25) is 0 Å². The van der Waals surface area contributed by atoms with Gasteiger partial charge in [0.1, 0.15) is 0 Å². The third-order valence-electron chi connectivity index (χ3n) is 2.61. The molecule has 0 N–H and O–H groups in total. The first-order valence-electron chi connectivity index (χ1n) is 5.39. The Bertz CT molecular complexity index is 504. The number of rotatable bonds is 2. The largest absolute Gasteiger partial charge is 0.252 e. The van der Waals surface area contributed by atoms with Crippen molar-refractivity contribution in [2.24, 2.45) is 4.99 Å². The van der Waals surface area contributed by atoms with Gasteiger partial charge in [-0.15, -0.1) is 0 Å². The summed E-state index contributed by atoms with van der Waals surface area (Å²) in [6.45, 7) is 9.98. The second-order valence-electron chi connectivity index (χ2n) is 3.89. The molecule has 0 bridgehead atoms. The Morgan fingerprint density at radius 3 is 2.88 bits per heavy atom. The molecule has 0 aliphatic carbocycles. The van der Waals surface area contributed by atoms with Crippen molar-refractivity contribution in [3.63, 3.8) is 0 Å². The van der Waals surface area contributed by atoms with Gasteiger partial charge in [-0.05, 0) is 18.1 Å². The average molecular weight is 209 g/mol. The van der Waals surface area contributed by atoms with Gasteiger partial charge < -0.3 is 0 Å². The Balaban J connectivity index is 2.52. The molecule has 0 saturated carbocycles. The van der Waals surface area contributed by atoms with E-state index in [1.165, 1.54) is 11.1 Å². The van der Waals surface area contributed by atoms with E-state index in [9.17, 15) is 0 Å². The lowest BCUT2D eigenvalue weighted by Crippen LogP contribution is -2.12. The Labute approximate surface area is 96.5 Å². The number of nitrogens with zero attached hydrogens (tertiary/aromatic N) is 1. The van der Waals surface area contributed by atoms with Gasteiger partial charge in [-0.3, -0.25) is 4.99 Å². The maximum atomic E-state index is 4.51. The molecule has 1 heterocycles. The Hall–Kier alpha value is -1.89. The summed E-state index contributed by atoms with van der Waals surface area (Å²) >= 11 is 0. The van der Waals surface area contributed by atoms with Crippen molar-refractivity contribution in [1.29, 1.82) is 0 Å². The molecule has 0 spiro atoms. The summed E-state index contributed by atoms with van der Waals surface area (Å²) in [5.74, 6) is 0. The first-order chi connectivity index (χ1) is 7.72. The standard InChI is InChI=1S/C15H15N/c1-4-7-11(2)15-14-9-6-5-8-13(14)10-12(3)16-15/h4-9H,2-3,10H2,1H3/b7-4-. The Morgan fingerprint density at radius 2 is 2.12 bits per heavy atom. The minimum atomic E-state index is 0.836. The second-order valence-corrected chi connectivity index (χ2v) is 3.89. The van der Waals surface area contributed by atoms with Crippen LogP contribution in [0, 0.1) is 0 Å². The number of aliphatic imine (C=N–C) groups is 1. The molecule has 0 atom stereocenters. The van der Waals surface area contributed by atoms with Crippen LogP contribution >= 0.6 is 0 Å². The highest BCUT2D eigenvalue weighted by atomic mass is 14.8. The molecule has 80 valence electrons. The highest BCUT2D eigenvalue weighted by Crippen LogP contribution is 2.24. The normalized spacial score (nSPS) is 14.8. The van der Waals surface area contributed by atoms with Crippen molar-refractivity contribution in [2.75, 3.05) is 0 Å². The summed E-state index contributed by atoms with van der Waals surface area (Å²) in [4.78, 5) is 4.51. The molecular formula is C15H15N. The van der Waals surface area contributed by atoms with Crippen LogP contribution in [-0.2, 0) is 6.42 Å². The quantitative estimate of drug-likeness (QED) is 0.659. The third-order valence-corrected chi connectivity index (χ3v) is 2.61. The van der Waals surface area contributed by atoms with Gasteiger partial charge in [-0.25, -0.2) is 0 Å². The van der Waals surface area contributed by atoms with Crippen LogP contribution in [-0.4, -0.2) is 5.71 Å². The van der Waals surface area contributed by atoms with E-state index < -0.39 is 0 Å². The molecule has 0 saturated heterocycles. The minimum Gasteiger partial charge on any atom is -0.252 e. The maximum Gasteiger partial charge on any atom is 0.0774 e. The highest BCUT2D eigenvalue weighted by molar-refractivity contribution is 6.15. The number of allylic oxidation sites excluding steroid dienone is 4. The fraction of sp³-hybridized carbons (Fsp3) is 0.133. The van der Waals surface area contributed by atoms with Crippen molar-refractivity contribution >= 4 is 5.71 Å². The van der Waals surface area contributed by atoms with Crippen LogP contribution in [0.2, 0.25) is 0 Å². The summed E-state index contributed by atoms with van der Waals surface area (Å²) in [7, 11) is 0. The molecule has 0 amide bonds. The third kappa shape index (κ3) is 1.89. The van der Waals surface area contributed by atoms with E-state index in [1.807, 2.05) is 31.2 Å². The van der Waals surface area contributed by atoms with Crippen LogP contribution in [0.15, 0.2) is 65.8 Å². The minimum absolute atomic E-state index is 0.836. The Morgan fingerprint density at radius 1 is 1.38 bits per heavy atom. The molecule has 1 aromatic carbocycles. The molecule has 2 rings (SSSR count). The predicted octanol–water partition coefficient (Wildman–Crippen LogP) is 3.68. The van der Waals surface area contributed by atoms with Gasteiger partial charge in [-0.1, -0.05) is 49.6 Å². The van der Waals surface area contributed by atoms with Crippen LogP contribution in [0.1, 0.15) is 18.1 Å². The SMILES string of the molecule is C=C1Cc2ccccc2C(C(=C)/C=C\C)=N1. The van der Waals surface area contributed by atoms with Gasteiger partial charge in [0.05, 0.1) is 5.71 Å². The van der Waals surface area contributed by atoms with E-state index in [2.05, 4.69) is 30.3 Å². The molecule has 0 unspecified atom stereocenters. The van der Waals surface area contributed by atoms with E-state index in [0.717, 1.165) is 23.4 Å². The number of hydrogen-bond acceptors (Lipinski definition) is 1. The van der Waals surface area contributed by atoms with Crippen LogP contribution in [0.4, 0.5) is 0 Å². The lowest BCUT2D eigenvalue weighted by molar-refractivity contribution is 1.08. The summed E-state index contributed by atoms with van der Waals surface area (Å²) in [6, 6.07) is 8.30. The van der Waals surface area contributed by atoms with Gasteiger partial charge in [0.15, 0.2) is 0 Å². The average Bonchev–Trinajstić information content (AvgIpc) is 2.28. The monoisotopic (exact) mass is 209 g/mol. The lowest BCUT2D eigenvalue weighted by atomic mass is 9.93. The molecule has 0 radical (unpaired) electrons. The summed E-state index contributed by atoms with van der Waals surface area (Å²) in [5.41, 5.74) is 5.25. The molecule has 1 nitrogen and oxygen atoms in total. The Kier molecular flexibility index (Phi) is 2.86. The van der Waals surface area contributed by atoms with Gasteiger partial charge >= 0.3 is 0 Å². The molecule has 0 fully saturated rings. The van der Waals surface area contributed by atoms with Crippen molar-refractivity contribution in [2.45, 2.75) is 13.3 Å². The van der Waals surface area contributed by atoms with E-state index in [1.54, 1.807) is 0 Å². The molecule has 16 heavy (non-hydrogen) atoms. The number of fused-ring (bicyclic) bond motifs is 1. The fourth-order valence-electron chi connectivity index (χ4n) is 1.91. The summed E-state index contributed by atoms with van der Waals surface area (Å²) < 4.78 is 0. The number of benzene rings is 1. The summed E-state index contributed by atoms with van der Waals surface area (Å²) in [6.07, 6.45) is 4.79. The molecular weight excluding hydrogens is 194 g/mol. The highest BCUT2D eigenvalue weighted by Gasteiger charge is 2.16. The summed E-state index contributed by atoms with van der Waals surface area (Å²) in [5, 5.41) is 0. The van der Waals surface area contributed by atoms with E-state index in [0.29, 0.717) is 0 Å². The number of hydrogen-bond donors (Lipinski definition) is 0. The molecule has 1 aromatic rings. The topological polar surface area (TPSA) is 12.4 Å². The molecule has 1 heteroatoms. The maximum absolute atomic E-state index is 4.51. The van der Waals surface area contributed by atoms with Crippen molar-refractivity contribution in [3.05, 3.63) is 72.0 Å². The predicted molar refractivity (Wildman–Crippen MR) is 69.8 cm³/mol. The van der Waals surface area contributed by atoms with Gasteiger partial charge in [0, 0.05) is 17.7 Å². The zero-order valence-electron chi connectivity index (χ0n) is 9.53. The zero-order valence-corrected chi connectivity index (χ0v) is 9.53. The van der Waals surface area contributed by atoms with E-state index in [-0.39, 0.29) is 0 Å². The smallest absolute Gasteiger partial charge is 0.0774 e. The first kappa shape index (κ1) is 10.6. The van der Waals surface area contributed by atoms with Crippen molar-refractivity contribution < 1.29 is 0 Å². The first-order valence-corrected chi connectivity index (χ1v) is 5.39. The van der Waals surface area contributed by atoms with Crippen LogP contribution in [0.3, 0.4) is 0 Å².